The van der Waals surface area contributed by atoms with Gasteiger partial charge in [-0.3, -0.25) is 0 Å². The Kier molecular flexibility index (Phi) is 5.15. The van der Waals surface area contributed by atoms with Crippen molar-refractivity contribution < 1.29 is 9.53 Å². The lowest BCUT2D eigenvalue weighted by Crippen LogP contribution is -2.15. The second kappa shape index (κ2) is 6.39. The van der Waals surface area contributed by atoms with Crippen molar-refractivity contribution in [2.45, 2.75) is 12.2 Å². The molecule has 0 saturated heterocycles. The number of ether oxygens (including phenoxy) is 1. The summed E-state index contributed by atoms with van der Waals surface area (Å²) in [5.41, 5.74) is 7.52. The second-order valence-corrected chi connectivity index (χ2v) is 4.96. The summed E-state index contributed by atoms with van der Waals surface area (Å²) in [6.45, 7) is 2.92. The summed E-state index contributed by atoms with van der Waals surface area (Å²) in [5.74, 6) is -0.413. The maximum Gasteiger partial charge on any atom is 0.340 e. The summed E-state index contributed by atoms with van der Waals surface area (Å²) in [6, 6.07) is 5.30. The number of para-hydroxylation sites is 1. The topological polar surface area (TPSA) is 64.3 Å². The molecule has 94 valence electrons. The van der Waals surface area contributed by atoms with Crippen molar-refractivity contribution in [2.75, 3.05) is 31.0 Å². The smallest absolute Gasteiger partial charge is 0.340 e. The molecule has 0 radical (unpaired) electrons. The number of hydrogen-bond donors (Lipinski definition) is 2. The number of carbonyl (C=O) groups excluding carboxylic acids is 1. The molecule has 0 aliphatic rings. The molecule has 3 N–H and O–H groups in total. The van der Waals surface area contributed by atoms with Gasteiger partial charge in [0.05, 0.1) is 24.0 Å². The highest BCUT2D eigenvalue weighted by Gasteiger charge is 2.12. The largest absolute Gasteiger partial charge is 0.465 e. The summed E-state index contributed by atoms with van der Waals surface area (Å²) >= 11 is 1.77. The van der Waals surface area contributed by atoms with Crippen LogP contribution in [-0.2, 0) is 4.74 Å². The molecule has 0 saturated carbocycles. The van der Waals surface area contributed by atoms with Crippen molar-refractivity contribution in [1.82, 2.24) is 0 Å². The Morgan fingerprint density at radius 1 is 1.59 bits per heavy atom. The minimum atomic E-state index is -0.413. The standard InChI is InChI=1S/C12H18N2O2S/c1-8(17-3)7-14-10-6-4-5-9(11(10)13)12(15)16-2/h4-6,8,14H,7,13H2,1-3H3. The van der Waals surface area contributed by atoms with Crippen LogP contribution in [0.4, 0.5) is 11.4 Å². The van der Waals surface area contributed by atoms with Gasteiger partial charge in [0.2, 0.25) is 0 Å². The minimum Gasteiger partial charge on any atom is -0.465 e. The molecule has 0 aromatic heterocycles. The van der Waals surface area contributed by atoms with E-state index in [9.17, 15) is 4.79 Å². The molecule has 1 unspecified atom stereocenters. The molecule has 17 heavy (non-hydrogen) atoms. The van der Waals surface area contributed by atoms with E-state index in [0.29, 0.717) is 16.5 Å². The fourth-order valence-electron chi connectivity index (χ4n) is 1.34. The number of carbonyl (C=O) groups is 1. The Morgan fingerprint density at radius 2 is 2.29 bits per heavy atom. The summed E-state index contributed by atoms with van der Waals surface area (Å²) in [7, 11) is 1.34. The van der Waals surface area contributed by atoms with Crippen LogP contribution in [0, 0.1) is 0 Å². The van der Waals surface area contributed by atoms with Crippen LogP contribution in [0.25, 0.3) is 0 Å². The van der Waals surface area contributed by atoms with E-state index in [1.807, 2.05) is 6.07 Å². The fourth-order valence-corrected chi connectivity index (χ4v) is 1.59. The highest BCUT2D eigenvalue weighted by atomic mass is 32.2. The monoisotopic (exact) mass is 254 g/mol. The number of hydrogen-bond acceptors (Lipinski definition) is 5. The first-order chi connectivity index (χ1) is 8.10. The molecule has 0 bridgehead atoms. The molecule has 1 aromatic carbocycles. The first-order valence-corrected chi connectivity index (χ1v) is 6.62. The average molecular weight is 254 g/mol. The Morgan fingerprint density at radius 3 is 2.88 bits per heavy atom. The van der Waals surface area contributed by atoms with Crippen LogP contribution in [0.2, 0.25) is 0 Å². The van der Waals surface area contributed by atoms with Gasteiger partial charge >= 0.3 is 5.97 Å². The summed E-state index contributed by atoms with van der Waals surface area (Å²) in [4.78, 5) is 11.4. The Bertz CT molecular complexity index is 396. The Labute approximate surface area is 106 Å². The molecule has 1 rings (SSSR count). The van der Waals surface area contributed by atoms with E-state index in [1.165, 1.54) is 7.11 Å². The van der Waals surface area contributed by atoms with Gasteiger partial charge in [-0.1, -0.05) is 13.0 Å². The van der Waals surface area contributed by atoms with Crippen molar-refractivity contribution in [3.8, 4) is 0 Å². The molecule has 4 nitrogen and oxygen atoms in total. The predicted octanol–water partition coefficient (Wildman–Crippen LogP) is 2.22. The quantitative estimate of drug-likeness (QED) is 0.623. The summed E-state index contributed by atoms with van der Waals surface area (Å²) in [6.07, 6.45) is 2.06. The molecule has 0 heterocycles. The maximum absolute atomic E-state index is 11.4. The number of thioether (sulfide) groups is 1. The van der Waals surface area contributed by atoms with Crippen molar-refractivity contribution in [3.05, 3.63) is 23.8 Å². The SMILES string of the molecule is COC(=O)c1cccc(NCC(C)SC)c1N. The van der Waals surface area contributed by atoms with Crippen molar-refractivity contribution in [3.63, 3.8) is 0 Å². The van der Waals surface area contributed by atoms with Gasteiger partial charge in [-0.05, 0) is 18.4 Å². The third-order valence-electron chi connectivity index (χ3n) is 2.49. The van der Waals surface area contributed by atoms with Crippen LogP contribution in [0.3, 0.4) is 0 Å². The highest BCUT2D eigenvalue weighted by molar-refractivity contribution is 7.99. The van der Waals surface area contributed by atoms with Crippen LogP contribution in [-0.4, -0.2) is 31.1 Å². The molecular weight excluding hydrogens is 236 g/mol. The lowest BCUT2D eigenvalue weighted by atomic mass is 10.1. The molecular formula is C12H18N2O2S. The van der Waals surface area contributed by atoms with Gasteiger partial charge in [0.15, 0.2) is 0 Å². The van der Waals surface area contributed by atoms with E-state index in [1.54, 1.807) is 23.9 Å². The number of nitrogens with one attached hydrogen (secondary N) is 1. The van der Waals surface area contributed by atoms with Crippen LogP contribution >= 0.6 is 11.8 Å². The molecule has 0 spiro atoms. The van der Waals surface area contributed by atoms with Crippen molar-refractivity contribution in [1.29, 1.82) is 0 Å². The number of rotatable bonds is 5. The van der Waals surface area contributed by atoms with E-state index in [4.69, 9.17) is 5.73 Å². The second-order valence-electron chi connectivity index (χ2n) is 3.69. The first-order valence-electron chi connectivity index (χ1n) is 5.33. The molecule has 0 fully saturated rings. The van der Waals surface area contributed by atoms with Gasteiger partial charge in [-0.15, -0.1) is 0 Å². The normalized spacial score (nSPS) is 11.9. The van der Waals surface area contributed by atoms with Gasteiger partial charge in [0, 0.05) is 11.8 Å². The van der Waals surface area contributed by atoms with E-state index in [0.717, 1.165) is 12.2 Å². The fraction of sp³-hybridized carbons (Fsp3) is 0.417. The van der Waals surface area contributed by atoms with Crippen LogP contribution in [0.1, 0.15) is 17.3 Å². The van der Waals surface area contributed by atoms with Gasteiger partial charge in [0.25, 0.3) is 0 Å². The number of anilines is 2. The number of methoxy groups -OCH3 is 1. The summed E-state index contributed by atoms with van der Waals surface area (Å²) < 4.78 is 4.67. The molecule has 5 heteroatoms. The van der Waals surface area contributed by atoms with E-state index < -0.39 is 5.97 Å². The zero-order valence-electron chi connectivity index (χ0n) is 10.3. The molecule has 0 aliphatic carbocycles. The van der Waals surface area contributed by atoms with Crippen molar-refractivity contribution in [2.24, 2.45) is 0 Å². The first kappa shape index (κ1) is 13.7. The number of nitrogen functional groups attached to an aromatic ring is 1. The Balaban J connectivity index is 2.83. The van der Waals surface area contributed by atoms with Crippen LogP contribution in [0.5, 0.6) is 0 Å². The third kappa shape index (κ3) is 3.56. The number of esters is 1. The Hall–Kier alpha value is -1.36. The minimum absolute atomic E-state index is 0.398. The van der Waals surface area contributed by atoms with E-state index >= 15 is 0 Å². The predicted molar refractivity (Wildman–Crippen MR) is 73.7 cm³/mol. The average Bonchev–Trinajstić information content (AvgIpc) is 2.36. The van der Waals surface area contributed by atoms with Crippen molar-refractivity contribution >= 4 is 29.1 Å². The lowest BCUT2D eigenvalue weighted by molar-refractivity contribution is 0.0602. The van der Waals surface area contributed by atoms with Gasteiger partial charge in [-0.25, -0.2) is 4.79 Å². The van der Waals surface area contributed by atoms with E-state index in [2.05, 4.69) is 23.2 Å². The zero-order valence-corrected chi connectivity index (χ0v) is 11.1. The molecule has 1 aromatic rings. The van der Waals surface area contributed by atoms with Gasteiger partial charge in [-0.2, -0.15) is 11.8 Å². The third-order valence-corrected chi connectivity index (χ3v) is 3.47. The lowest BCUT2D eigenvalue weighted by Gasteiger charge is -2.14. The van der Waals surface area contributed by atoms with Crippen LogP contribution in [0.15, 0.2) is 18.2 Å². The number of nitrogens with two attached hydrogens (primary N) is 1. The maximum atomic E-state index is 11.4. The number of benzene rings is 1. The van der Waals surface area contributed by atoms with E-state index in [-0.39, 0.29) is 0 Å². The molecule has 1 atom stereocenters. The van der Waals surface area contributed by atoms with Crippen LogP contribution < -0.4 is 11.1 Å². The molecule has 0 amide bonds. The van der Waals surface area contributed by atoms with Gasteiger partial charge in [0.1, 0.15) is 0 Å². The molecule has 0 aliphatic heterocycles. The summed E-state index contributed by atoms with van der Waals surface area (Å²) in [5, 5.41) is 3.71. The highest BCUT2D eigenvalue weighted by Crippen LogP contribution is 2.23. The zero-order chi connectivity index (χ0) is 12.8. The van der Waals surface area contributed by atoms with Gasteiger partial charge < -0.3 is 15.8 Å².